The van der Waals surface area contributed by atoms with Gasteiger partial charge in [0.2, 0.25) is 5.90 Å². The lowest BCUT2D eigenvalue weighted by molar-refractivity contribution is 0.224. The van der Waals surface area contributed by atoms with Crippen molar-refractivity contribution >= 4 is 27.8 Å². The first-order valence-corrected chi connectivity index (χ1v) is 19.1. The molecular weight excluding hydrogens is 651 g/mol. The van der Waals surface area contributed by atoms with Crippen molar-refractivity contribution < 1.29 is 9.47 Å². The van der Waals surface area contributed by atoms with Crippen LogP contribution in [0.2, 0.25) is 0 Å². The molecule has 5 heteroatoms. The Kier molecular flexibility index (Phi) is 7.83. The van der Waals surface area contributed by atoms with Gasteiger partial charge in [0.05, 0.1) is 16.7 Å². The lowest BCUT2D eigenvalue weighted by atomic mass is 9.72. The monoisotopic (exact) mass is 703 g/mol. The summed E-state index contributed by atoms with van der Waals surface area (Å²) in [5.74, 6) is 2.60. The van der Waals surface area contributed by atoms with Crippen molar-refractivity contribution in [3.8, 4) is 28.3 Å². The van der Waals surface area contributed by atoms with Crippen LogP contribution in [0.3, 0.4) is 0 Å². The van der Waals surface area contributed by atoms with E-state index < -0.39 is 0 Å². The Balaban J connectivity index is 1.33. The smallest absolute Gasteiger partial charge is 0.216 e. The number of pyridine rings is 1. The van der Waals surface area contributed by atoms with Gasteiger partial charge in [-0.05, 0) is 139 Å². The Morgan fingerprint density at radius 1 is 0.755 bits per heavy atom. The Hall–Kier alpha value is -4.90. The number of aliphatic imine (C=N–C) groups is 1. The molecule has 2 aliphatic rings. The summed E-state index contributed by atoms with van der Waals surface area (Å²) in [5.41, 5.74) is 16.0. The van der Waals surface area contributed by atoms with E-state index in [2.05, 4.69) is 155 Å². The fourth-order valence-corrected chi connectivity index (χ4v) is 8.53. The Morgan fingerprint density at radius 3 is 2.11 bits per heavy atom. The molecule has 6 aromatic rings. The maximum Gasteiger partial charge on any atom is 0.216 e. The number of aromatic nitrogens is 2. The summed E-state index contributed by atoms with van der Waals surface area (Å²) in [4.78, 5) is 10.2. The largest absolute Gasteiger partial charge is 0.475 e. The van der Waals surface area contributed by atoms with Gasteiger partial charge in [-0.3, -0.25) is 4.57 Å². The van der Waals surface area contributed by atoms with Crippen molar-refractivity contribution in [1.29, 1.82) is 0 Å². The number of hydrogen-bond donors (Lipinski definition) is 0. The normalized spacial score (nSPS) is 17.7. The highest BCUT2D eigenvalue weighted by molar-refractivity contribution is 6.11. The van der Waals surface area contributed by atoms with Crippen LogP contribution >= 0.6 is 0 Å². The first-order chi connectivity index (χ1) is 24.9. The molecular formula is C48H53N3O2. The molecule has 53 heavy (non-hydrogen) atoms. The summed E-state index contributed by atoms with van der Waals surface area (Å²) < 4.78 is 15.7. The Morgan fingerprint density at radius 2 is 1.45 bits per heavy atom. The van der Waals surface area contributed by atoms with Gasteiger partial charge in [0.15, 0.2) is 0 Å². The lowest BCUT2D eigenvalue weighted by Gasteiger charge is -2.36. The van der Waals surface area contributed by atoms with E-state index in [9.17, 15) is 0 Å². The van der Waals surface area contributed by atoms with Crippen molar-refractivity contribution in [1.82, 2.24) is 9.55 Å². The third-order valence-electron chi connectivity index (χ3n) is 12.0. The summed E-state index contributed by atoms with van der Waals surface area (Å²) in [5, 5.41) is 2.44. The number of hydrogen-bond acceptors (Lipinski definition) is 4. The SMILES string of the molecule is Cc1cc(C)c(-c2cc(Oc3cc4c(cc3C)C(C)(C)c3cc(C(C)(C)C)cc5c6cc(C)cnc6n-4c35)cc(C3=N[C@](C)(C(C)C)CO3)c2)c(C)c1. The molecule has 1 atom stereocenters. The van der Waals surface area contributed by atoms with Crippen LogP contribution in [0.4, 0.5) is 0 Å². The first kappa shape index (κ1) is 35.1. The van der Waals surface area contributed by atoms with E-state index in [1.807, 2.05) is 6.20 Å². The van der Waals surface area contributed by atoms with Crippen molar-refractivity contribution in [3.63, 3.8) is 0 Å². The highest BCUT2D eigenvalue weighted by Crippen LogP contribution is 2.50. The summed E-state index contributed by atoms with van der Waals surface area (Å²) in [6.07, 6.45) is 1.99. The van der Waals surface area contributed by atoms with Crippen LogP contribution in [0, 0.1) is 40.5 Å². The predicted octanol–water partition coefficient (Wildman–Crippen LogP) is 12.3. The zero-order valence-corrected chi connectivity index (χ0v) is 33.8. The molecule has 0 spiro atoms. The molecule has 0 radical (unpaired) electrons. The molecule has 8 rings (SSSR count). The highest BCUT2D eigenvalue weighted by Gasteiger charge is 2.38. The van der Waals surface area contributed by atoms with Crippen LogP contribution in [-0.4, -0.2) is 27.6 Å². The minimum atomic E-state index is -0.272. The summed E-state index contributed by atoms with van der Waals surface area (Å²) >= 11 is 0. The van der Waals surface area contributed by atoms with Crippen molar-refractivity contribution in [3.05, 3.63) is 117 Å². The highest BCUT2D eigenvalue weighted by atomic mass is 16.5. The molecule has 2 aliphatic heterocycles. The zero-order chi connectivity index (χ0) is 37.9. The molecule has 0 saturated carbocycles. The zero-order valence-electron chi connectivity index (χ0n) is 33.8. The lowest BCUT2D eigenvalue weighted by Crippen LogP contribution is -2.30. The molecule has 4 aromatic carbocycles. The second-order valence-corrected chi connectivity index (χ2v) is 18.0. The average Bonchev–Trinajstić information content (AvgIpc) is 3.63. The van der Waals surface area contributed by atoms with E-state index in [1.165, 1.54) is 55.2 Å². The van der Waals surface area contributed by atoms with Crippen LogP contribution in [0.1, 0.15) is 105 Å². The molecule has 272 valence electrons. The van der Waals surface area contributed by atoms with E-state index in [4.69, 9.17) is 19.5 Å². The van der Waals surface area contributed by atoms with Gasteiger partial charge < -0.3 is 9.47 Å². The number of rotatable bonds is 5. The molecule has 2 aromatic heterocycles. The van der Waals surface area contributed by atoms with Gasteiger partial charge in [0.1, 0.15) is 23.8 Å². The van der Waals surface area contributed by atoms with Crippen molar-refractivity contribution in [2.75, 3.05) is 6.61 Å². The molecule has 0 bridgehead atoms. The third kappa shape index (κ3) is 5.57. The van der Waals surface area contributed by atoms with Crippen LogP contribution in [-0.2, 0) is 15.6 Å². The van der Waals surface area contributed by atoms with Crippen LogP contribution in [0.5, 0.6) is 11.5 Å². The van der Waals surface area contributed by atoms with Crippen molar-refractivity contribution in [2.45, 2.75) is 106 Å². The quantitative estimate of drug-likeness (QED) is 0.180. The van der Waals surface area contributed by atoms with Crippen LogP contribution in [0.15, 0.2) is 71.9 Å². The van der Waals surface area contributed by atoms with E-state index in [0.29, 0.717) is 18.4 Å². The number of benzene rings is 4. The van der Waals surface area contributed by atoms with Gasteiger partial charge >= 0.3 is 0 Å². The standard InChI is InChI=1S/C48H53N3O2/c1-26(2)48(13)25-52-45(50-48)33-18-32(42-30(6)14-27(3)15-31(42)7)19-35(20-33)53-41-23-40-38(17-29(41)5)47(11,12)39-22-34(46(8,9)10)21-36-37-16-28(4)24-49-44(37)51(40)43(36)39/h14-24,26H,25H2,1-13H3/t48-/m0/s1. The fourth-order valence-electron chi connectivity index (χ4n) is 8.53. The third-order valence-corrected chi connectivity index (χ3v) is 12.0. The molecule has 0 aliphatic carbocycles. The van der Waals surface area contributed by atoms with Gasteiger partial charge in [-0.2, -0.15) is 0 Å². The van der Waals surface area contributed by atoms with Gasteiger partial charge in [0.25, 0.3) is 0 Å². The van der Waals surface area contributed by atoms with Gasteiger partial charge in [0, 0.05) is 34.0 Å². The average molecular weight is 704 g/mol. The van der Waals surface area contributed by atoms with Gasteiger partial charge in [-0.1, -0.05) is 72.2 Å². The van der Waals surface area contributed by atoms with Crippen molar-refractivity contribution in [2.24, 2.45) is 10.9 Å². The molecule has 0 amide bonds. The maximum absolute atomic E-state index is 7.02. The molecule has 4 heterocycles. The second-order valence-electron chi connectivity index (χ2n) is 18.0. The first-order valence-electron chi connectivity index (χ1n) is 19.1. The number of fused-ring (bicyclic) bond motifs is 5. The number of aryl methyl sites for hydroxylation is 5. The molecule has 0 N–H and O–H groups in total. The predicted molar refractivity (Wildman–Crippen MR) is 221 cm³/mol. The topological polar surface area (TPSA) is 48.6 Å². The maximum atomic E-state index is 7.02. The summed E-state index contributed by atoms with van der Waals surface area (Å²) in [6, 6.07) is 22.7. The molecule has 0 unspecified atom stereocenters. The Labute approximate surface area is 315 Å². The summed E-state index contributed by atoms with van der Waals surface area (Å²) in [7, 11) is 0. The van der Waals surface area contributed by atoms with Gasteiger partial charge in [-0.25, -0.2) is 9.98 Å². The van der Waals surface area contributed by atoms with Gasteiger partial charge in [-0.15, -0.1) is 0 Å². The van der Waals surface area contributed by atoms with E-state index >= 15 is 0 Å². The van der Waals surface area contributed by atoms with E-state index in [0.717, 1.165) is 45.1 Å². The summed E-state index contributed by atoms with van der Waals surface area (Å²) in [6.45, 7) is 29.6. The van der Waals surface area contributed by atoms with E-state index in [1.54, 1.807) is 0 Å². The van der Waals surface area contributed by atoms with Crippen LogP contribution < -0.4 is 4.74 Å². The van der Waals surface area contributed by atoms with Crippen LogP contribution in [0.25, 0.3) is 38.8 Å². The minimum absolute atomic E-state index is 0.00586. The van der Waals surface area contributed by atoms with E-state index in [-0.39, 0.29) is 16.4 Å². The number of nitrogens with zero attached hydrogens (tertiary/aromatic N) is 3. The molecule has 0 saturated heterocycles. The second kappa shape index (κ2) is 11.8. The fraction of sp³-hybridized carbons (Fsp3) is 0.375. The minimum Gasteiger partial charge on any atom is -0.475 e. The molecule has 5 nitrogen and oxygen atoms in total. The number of ether oxygens (including phenoxy) is 2. The Bertz CT molecular complexity index is 2520. The molecule has 0 fully saturated rings.